The molecule has 0 rings (SSSR count). The Labute approximate surface area is 142 Å². The van der Waals surface area contributed by atoms with Crippen molar-refractivity contribution in [2.75, 3.05) is 6.61 Å². The van der Waals surface area contributed by atoms with E-state index in [0.29, 0.717) is 0 Å². The van der Waals surface area contributed by atoms with Crippen LogP contribution in [-0.4, -0.2) is 84.0 Å². The van der Waals surface area contributed by atoms with Gasteiger partial charge in [0.15, 0.2) is 28.7 Å². The fourth-order valence-electron chi connectivity index (χ4n) is 2.15. The van der Waals surface area contributed by atoms with Crippen LogP contribution in [0.1, 0.15) is 33.1 Å². The lowest BCUT2D eigenvalue weighted by Crippen LogP contribution is -2.81. The largest absolute Gasteiger partial charge is 0.394 e. The van der Waals surface area contributed by atoms with Gasteiger partial charge in [-0.05, 0) is 20.7 Å². The minimum atomic E-state index is -4.43. The van der Waals surface area contributed by atoms with Gasteiger partial charge in [0.05, 0.1) is 6.61 Å². The molecule has 0 amide bonds. The predicted molar refractivity (Wildman–Crippen MR) is 75.7 cm³/mol. The number of carbonyl (C=O) groups excluding carboxylic acids is 5. The molecule has 0 heterocycles. The van der Waals surface area contributed by atoms with Crippen LogP contribution < -0.4 is 0 Å². The summed E-state index contributed by atoms with van der Waals surface area (Å²) in [6.07, 6.45) is -2.87. The first-order valence-corrected chi connectivity index (χ1v) is 6.13. The fraction of sp³-hybridized carbons (Fsp3) is 0.643. The Morgan fingerprint density at radius 3 is 1.79 bits per heavy atom. The molecule has 0 fully saturated rings. The molecule has 0 aromatic heterocycles. The normalized spacial score (nSPS) is 22.2. The number of aliphatic hydroxyl groups is 5. The minimum absolute atomic E-state index is 1.41. The van der Waals surface area contributed by atoms with E-state index in [0.717, 1.165) is 0 Å². The molecule has 10 nitrogen and oxygen atoms in total. The van der Waals surface area contributed by atoms with Gasteiger partial charge >= 0.3 is 0 Å². The van der Waals surface area contributed by atoms with E-state index in [9.17, 15) is 44.4 Å². The van der Waals surface area contributed by atoms with Gasteiger partial charge in [-0.25, -0.2) is 0 Å². The molecule has 10 heteroatoms. The molecule has 0 aromatic carbocycles. The zero-order valence-corrected chi connectivity index (χ0v) is 12.4. The van der Waals surface area contributed by atoms with Crippen molar-refractivity contribution in [3.63, 3.8) is 0 Å². The van der Waals surface area contributed by atoms with Crippen LogP contribution in [-0.2, 0) is 24.0 Å². The molecule has 0 spiro atoms. The summed E-state index contributed by atoms with van der Waals surface area (Å²) in [7, 11) is 0. The third kappa shape index (κ3) is 2.72. The summed E-state index contributed by atoms with van der Waals surface area (Å²) in [5.74, 6) is -10.4. The van der Waals surface area contributed by atoms with E-state index in [1.807, 2.05) is 0 Å². The molecule has 4 atom stereocenters. The average Bonchev–Trinajstić information content (AvgIpc) is 2.72. The monoisotopic (exact) mass is 352 g/mol. The molecule has 0 saturated heterocycles. The summed E-state index contributed by atoms with van der Waals surface area (Å²) in [6.45, 7) is -7.71. The van der Waals surface area contributed by atoms with Crippen LogP contribution >= 0.6 is 0 Å². The van der Waals surface area contributed by atoms with Gasteiger partial charge in [-0.2, -0.15) is 0 Å². The predicted octanol–water partition coefficient (Wildman–Crippen LogP) is -3.54. The van der Waals surface area contributed by atoms with E-state index in [4.69, 9.17) is 10.6 Å². The highest BCUT2D eigenvalue weighted by atomic mass is 16.4. The van der Waals surface area contributed by atoms with E-state index >= 15 is 0 Å². The summed E-state index contributed by atoms with van der Waals surface area (Å²) in [6, 6.07) is 0. The number of rotatable bonds is 9. The third-order valence-corrected chi connectivity index (χ3v) is 3.54. The van der Waals surface area contributed by atoms with E-state index in [1.54, 1.807) is 0 Å². The first-order chi connectivity index (χ1) is 12.8. The topological polar surface area (TPSA) is 186 Å². The minimum Gasteiger partial charge on any atom is -0.394 e. The van der Waals surface area contributed by atoms with Gasteiger partial charge in [0.2, 0.25) is 17.0 Å². The molecule has 0 unspecified atom stereocenters. The Morgan fingerprint density at radius 2 is 1.42 bits per heavy atom. The average molecular weight is 352 g/mol. The first-order valence-electron chi connectivity index (χ1n) is 8.96. The summed E-state index contributed by atoms with van der Waals surface area (Å²) >= 11 is 0. The molecular formula is C14H20O10. The van der Waals surface area contributed by atoms with Gasteiger partial charge < -0.3 is 25.5 Å². The van der Waals surface area contributed by atoms with Gasteiger partial charge in [0, 0.05) is 12.4 Å². The summed E-state index contributed by atoms with van der Waals surface area (Å²) in [5, 5.41) is 51.1. The van der Waals surface area contributed by atoms with Gasteiger partial charge in [-0.3, -0.25) is 24.0 Å². The molecule has 0 aliphatic heterocycles. The van der Waals surface area contributed by atoms with E-state index in [-0.39, 0.29) is 0 Å². The molecule has 0 aliphatic rings. The number of carbonyl (C=O) groups is 5. The molecule has 0 radical (unpaired) electrons. The number of Topliss-reactive ketones (excluding diaryl/α,β-unsaturated/α-hetero) is 5. The fourth-order valence-corrected chi connectivity index (χ4v) is 2.15. The van der Waals surface area contributed by atoms with Gasteiger partial charge in [-0.1, -0.05) is 0 Å². The molecule has 24 heavy (non-hydrogen) atoms. The van der Waals surface area contributed by atoms with Crippen LogP contribution in [0.4, 0.5) is 0 Å². The lowest BCUT2D eigenvalue weighted by atomic mass is 9.61. The van der Waals surface area contributed by atoms with Crippen LogP contribution in [0.25, 0.3) is 0 Å². The summed E-state index contributed by atoms with van der Waals surface area (Å²) in [4.78, 5) is 60.6. The van der Waals surface area contributed by atoms with Crippen molar-refractivity contribution in [3.05, 3.63) is 0 Å². The number of ketones is 5. The Balaban J connectivity index is 7.42. The van der Waals surface area contributed by atoms with Crippen LogP contribution in [0.5, 0.6) is 0 Å². The molecule has 5 N–H and O–H groups in total. The van der Waals surface area contributed by atoms with Crippen LogP contribution in [0.15, 0.2) is 0 Å². The van der Waals surface area contributed by atoms with Gasteiger partial charge in [-0.15, -0.1) is 0 Å². The Kier molecular flexibility index (Phi) is 4.54. The van der Waals surface area contributed by atoms with Crippen molar-refractivity contribution in [3.8, 4) is 0 Å². The van der Waals surface area contributed by atoms with Crippen molar-refractivity contribution in [2.45, 2.75) is 50.5 Å². The van der Waals surface area contributed by atoms with E-state index in [1.165, 1.54) is 0 Å². The number of aliphatic hydroxyl groups excluding tert-OH is 2. The Morgan fingerprint density at radius 1 is 0.917 bits per heavy atom. The quantitative estimate of drug-likeness (QED) is 0.205. The van der Waals surface area contributed by atoms with Crippen molar-refractivity contribution >= 4 is 28.9 Å². The second-order valence-electron chi connectivity index (χ2n) is 4.91. The maximum Gasteiger partial charge on any atom is 0.240 e. The lowest BCUT2D eigenvalue weighted by Gasteiger charge is -2.48. The molecule has 0 aliphatic carbocycles. The van der Waals surface area contributed by atoms with Gasteiger partial charge in [0.25, 0.3) is 0 Å². The number of hydrogen-bond donors (Lipinski definition) is 5. The maximum atomic E-state index is 12.3. The van der Waals surface area contributed by atoms with Crippen molar-refractivity contribution in [1.82, 2.24) is 0 Å². The van der Waals surface area contributed by atoms with Crippen LogP contribution in [0, 0.1) is 0 Å². The molecule has 136 valence electrons. The second kappa shape index (κ2) is 6.95. The third-order valence-electron chi connectivity index (χ3n) is 3.54. The zero-order valence-electron chi connectivity index (χ0n) is 16.4. The maximum absolute atomic E-state index is 12.3. The zero-order chi connectivity index (χ0) is 22.5. The van der Waals surface area contributed by atoms with Crippen LogP contribution in [0.3, 0.4) is 0 Å². The van der Waals surface area contributed by atoms with Crippen molar-refractivity contribution in [2.24, 2.45) is 0 Å². The van der Waals surface area contributed by atoms with Crippen LogP contribution in [0.2, 0.25) is 0 Å². The highest BCUT2D eigenvalue weighted by Gasteiger charge is 2.74. The highest BCUT2D eigenvalue weighted by Crippen LogP contribution is 2.39. The highest BCUT2D eigenvalue weighted by molar-refractivity contribution is 6.45. The summed E-state index contributed by atoms with van der Waals surface area (Å²) < 4.78 is 28.0. The molecule has 0 aromatic rings. The summed E-state index contributed by atoms with van der Waals surface area (Å²) in [5.41, 5.74) is -12.9. The van der Waals surface area contributed by atoms with Crippen molar-refractivity contribution < 1.29 is 55.0 Å². The standard InChI is InChI=1S/C14H20O10/c1-6(16)11(21)13(23,8(3)18)14(24,9(4)19)12(22,7(2)17)10(20)5-15/h10,15,20,22-24H,5H2,1-4H3/t10-,12-,13+,14-/m1/s1/i1D,2D,3D,4D. The molecule has 0 saturated carbocycles. The van der Waals surface area contributed by atoms with Gasteiger partial charge in [0.1, 0.15) is 6.10 Å². The molecule has 0 bridgehead atoms. The van der Waals surface area contributed by atoms with E-state index in [2.05, 4.69) is 0 Å². The SMILES string of the molecule is [2H]CC(=O)C(=O)[C@@](O)(C(=O)C[2H])[C@@](O)(C(=O)C[2H])[C@@](O)(C(=O)C[2H])[C@H](O)CO. The Bertz CT molecular complexity index is 671. The van der Waals surface area contributed by atoms with E-state index < -0.39 is 86.0 Å². The second-order valence-corrected chi connectivity index (χ2v) is 4.91. The number of hydrogen-bond acceptors (Lipinski definition) is 10. The smallest absolute Gasteiger partial charge is 0.240 e. The first kappa shape index (κ1) is 15.7. The Hall–Kier alpha value is -1.85. The lowest BCUT2D eigenvalue weighted by molar-refractivity contribution is -0.246. The van der Waals surface area contributed by atoms with Crippen molar-refractivity contribution in [1.29, 1.82) is 0 Å². The molecular weight excluding hydrogens is 328 g/mol.